The van der Waals surface area contributed by atoms with Crippen LogP contribution < -0.4 is 5.32 Å². The summed E-state index contributed by atoms with van der Waals surface area (Å²) in [6.07, 6.45) is 0.613. The normalized spacial score (nSPS) is 12.1. The van der Waals surface area contributed by atoms with Gasteiger partial charge >= 0.3 is 0 Å². The lowest BCUT2D eigenvalue weighted by Gasteiger charge is -2.14. The molecule has 0 aliphatic heterocycles. The molecule has 0 bridgehead atoms. The minimum Gasteiger partial charge on any atom is -0.310 e. The number of benzene rings is 2. The number of nitrogens with zero attached hydrogens (tertiary/aromatic N) is 1. The summed E-state index contributed by atoms with van der Waals surface area (Å²) in [6.45, 7) is 2.71. The van der Waals surface area contributed by atoms with E-state index in [0.717, 1.165) is 11.1 Å². The summed E-state index contributed by atoms with van der Waals surface area (Å²) in [4.78, 5) is 10.6. The second-order valence-electron chi connectivity index (χ2n) is 4.87. The van der Waals surface area contributed by atoms with E-state index in [4.69, 9.17) is 11.6 Å². The molecule has 0 aromatic heterocycles. The van der Waals surface area contributed by atoms with E-state index in [0.29, 0.717) is 18.0 Å². The molecule has 110 valence electrons. The van der Waals surface area contributed by atoms with Gasteiger partial charge in [0.15, 0.2) is 0 Å². The monoisotopic (exact) mass is 304 g/mol. The molecule has 1 N–H and O–H groups in total. The summed E-state index contributed by atoms with van der Waals surface area (Å²) in [5.74, 6) is 0. The summed E-state index contributed by atoms with van der Waals surface area (Å²) >= 11 is 5.97. The Morgan fingerprint density at radius 1 is 1.24 bits per heavy atom. The van der Waals surface area contributed by atoms with Crippen LogP contribution in [0, 0.1) is 10.1 Å². The molecular formula is C16H17ClN2O2. The minimum atomic E-state index is -0.338. The third-order valence-corrected chi connectivity index (χ3v) is 3.62. The maximum atomic E-state index is 10.9. The molecule has 0 amide bonds. The van der Waals surface area contributed by atoms with Crippen molar-refractivity contribution in [1.82, 2.24) is 5.32 Å². The maximum absolute atomic E-state index is 10.9. The average Bonchev–Trinajstić information content (AvgIpc) is 2.47. The SMILES string of the molecule is C[C@H](NCCc1ccccc1[N+](=O)[O-])c1cccc(Cl)c1. The van der Waals surface area contributed by atoms with Gasteiger partial charge in [0.25, 0.3) is 5.69 Å². The van der Waals surface area contributed by atoms with Crippen molar-refractivity contribution in [3.8, 4) is 0 Å². The topological polar surface area (TPSA) is 55.2 Å². The zero-order valence-electron chi connectivity index (χ0n) is 11.8. The van der Waals surface area contributed by atoms with E-state index in [2.05, 4.69) is 5.32 Å². The third kappa shape index (κ3) is 4.28. The Bertz CT molecular complexity index is 631. The first-order valence-corrected chi connectivity index (χ1v) is 7.17. The Morgan fingerprint density at radius 3 is 2.71 bits per heavy atom. The molecule has 2 aromatic rings. The van der Waals surface area contributed by atoms with Gasteiger partial charge in [0.2, 0.25) is 0 Å². The van der Waals surface area contributed by atoms with Gasteiger partial charge in [0, 0.05) is 22.7 Å². The van der Waals surface area contributed by atoms with Crippen LogP contribution in [0.1, 0.15) is 24.1 Å². The van der Waals surface area contributed by atoms with Crippen LogP contribution in [-0.4, -0.2) is 11.5 Å². The van der Waals surface area contributed by atoms with E-state index in [-0.39, 0.29) is 16.7 Å². The fraction of sp³-hybridized carbons (Fsp3) is 0.250. The van der Waals surface area contributed by atoms with Gasteiger partial charge < -0.3 is 5.32 Å². The molecule has 0 heterocycles. The largest absolute Gasteiger partial charge is 0.310 e. The van der Waals surface area contributed by atoms with Crippen molar-refractivity contribution in [3.05, 3.63) is 74.8 Å². The number of para-hydroxylation sites is 1. The van der Waals surface area contributed by atoms with Crippen molar-refractivity contribution in [2.75, 3.05) is 6.54 Å². The van der Waals surface area contributed by atoms with Gasteiger partial charge in [-0.3, -0.25) is 10.1 Å². The Hall–Kier alpha value is -1.91. The van der Waals surface area contributed by atoms with Crippen LogP contribution in [0.25, 0.3) is 0 Å². The van der Waals surface area contributed by atoms with Crippen LogP contribution >= 0.6 is 11.6 Å². The number of hydrogen-bond acceptors (Lipinski definition) is 3. The number of nitrogens with one attached hydrogen (secondary N) is 1. The molecule has 4 nitrogen and oxygen atoms in total. The van der Waals surface area contributed by atoms with Gasteiger partial charge in [-0.2, -0.15) is 0 Å². The van der Waals surface area contributed by atoms with E-state index in [1.165, 1.54) is 6.07 Å². The average molecular weight is 305 g/mol. The van der Waals surface area contributed by atoms with Crippen molar-refractivity contribution in [1.29, 1.82) is 0 Å². The molecule has 2 rings (SSSR count). The number of nitro groups is 1. The Kier molecular flexibility index (Phi) is 5.31. The van der Waals surface area contributed by atoms with Crippen LogP contribution in [0.2, 0.25) is 5.02 Å². The van der Waals surface area contributed by atoms with Gasteiger partial charge in [0.1, 0.15) is 0 Å². The van der Waals surface area contributed by atoms with Crippen LogP contribution in [0.5, 0.6) is 0 Å². The molecule has 0 aliphatic rings. The van der Waals surface area contributed by atoms with Gasteiger partial charge in [0.05, 0.1) is 4.92 Å². The Balaban J connectivity index is 1.94. The van der Waals surface area contributed by atoms with E-state index >= 15 is 0 Å². The zero-order valence-corrected chi connectivity index (χ0v) is 12.5. The third-order valence-electron chi connectivity index (χ3n) is 3.38. The summed E-state index contributed by atoms with van der Waals surface area (Å²) in [6, 6.07) is 14.7. The molecule has 0 unspecified atom stereocenters. The molecule has 0 spiro atoms. The second kappa shape index (κ2) is 7.20. The van der Waals surface area contributed by atoms with Crippen molar-refractivity contribution >= 4 is 17.3 Å². The highest BCUT2D eigenvalue weighted by Crippen LogP contribution is 2.19. The molecule has 21 heavy (non-hydrogen) atoms. The zero-order chi connectivity index (χ0) is 15.2. The van der Waals surface area contributed by atoms with Crippen molar-refractivity contribution in [3.63, 3.8) is 0 Å². The molecule has 0 aliphatic carbocycles. The van der Waals surface area contributed by atoms with E-state index in [1.54, 1.807) is 12.1 Å². The number of nitro benzene ring substituents is 1. The molecule has 0 radical (unpaired) electrons. The standard InChI is InChI=1S/C16H17ClN2O2/c1-12(14-6-4-7-15(17)11-14)18-10-9-13-5-2-3-8-16(13)19(20)21/h2-8,11-12,18H,9-10H2,1H3/t12-/m0/s1. The lowest BCUT2D eigenvalue weighted by molar-refractivity contribution is -0.385. The molecular weight excluding hydrogens is 288 g/mol. The first-order valence-electron chi connectivity index (χ1n) is 6.79. The highest BCUT2D eigenvalue weighted by molar-refractivity contribution is 6.30. The van der Waals surface area contributed by atoms with Crippen molar-refractivity contribution < 1.29 is 4.92 Å². The molecule has 0 fully saturated rings. The Labute approximate surface area is 128 Å². The lowest BCUT2D eigenvalue weighted by Crippen LogP contribution is -2.21. The summed E-state index contributed by atoms with van der Waals surface area (Å²) in [5, 5.41) is 15.0. The lowest BCUT2D eigenvalue weighted by atomic mass is 10.1. The summed E-state index contributed by atoms with van der Waals surface area (Å²) in [7, 11) is 0. The van der Waals surface area contributed by atoms with E-state index in [9.17, 15) is 10.1 Å². The predicted molar refractivity (Wildman–Crippen MR) is 84.7 cm³/mol. The fourth-order valence-corrected chi connectivity index (χ4v) is 2.42. The maximum Gasteiger partial charge on any atom is 0.272 e. The Morgan fingerprint density at radius 2 is 2.00 bits per heavy atom. The number of halogens is 1. The first-order chi connectivity index (χ1) is 10.1. The van der Waals surface area contributed by atoms with Crippen LogP contribution in [0.3, 0.4) is 0 Å². The summed E-state index contributed by atoms with van der Waals surface area (Å²) in [5.41, 5.74) is 2.02. The minimum absolute atomic E-state index is 0.145. The van der Waals surface area contributed by atoms with Crippen LogP contribution in [-0.2, 0) is 6.42 Å². The first kappa shape index (κ1) is 15.5. The molecule has 1 atom stereocenters. The molecule has 5 heteroatoms. The number of hydrogen-bond donors (Lipinski definition) is 1. The highest BCUT2D eigenvalue weighted by atomic mass is 35.5. The number of rotatable bonds is 6. The summed E-state index contributed by atoms with van der Waals surface area (Å²) < 4.78 is 0. The quantitative estimate of drug-likeness (QED) is 0.644. The van der Waals surface area contributed by atoms with Gasteiger partial charge in [-0.1, -0.05) is 41.9 Å². The van der Waals surface area contributed by atoms with Crippen molar-refractivity contribution in [2.24, 2.45) is 0 Å². The molecule has 2 aromatic carbocycles. The van der Waals surface area contributed by atoms with Gasteiger partial charge in [-0.15, -0.1) is 0 Å². The van der Waals surface area contributed by atoms with Crippen molar-refractivity contribution in [2.45, 2.75) is 19.4 Å². The van der Waals surface area contributed by atoms with Gasteiger partial charge in [-0.25, -0.2) is 0 Å². The van der Waals surface area contributed by atoms with E-state index in [1.807, 2.05) is 37.3 Å². The van der Waals surface area contributed by atoms with Crippen LogP contribution in [0.15, 0.2) is 48.5 Å². The van der Waals surface area contributed by atoms with E-state index < -0.39 is 0 Å². The molecule has 0 saturated heterocycles. The highest BCUT2D eigenvalue weighted by Gasteiger charge is 2.12. The fourth-order valence-electron chi connectivity index (χ4n) is 2.22. The second-order valence-corrected chi connectivity index (χ2v) is 5.30. The smallest absolute Gasteiger partial charge is 0.272 e. The van der Waals surface area contributed by atoms with Crippen LogP contribution in [0.4, 0.5) is 5.69 Å². The van der Waals surface area contributed by atoms with Gasteiger partial charge in [-0.05, 0) is 37.6 Å². The predicted octanol–water partition coefficient (Wildman–Crippen LogP) is 4.14. The molecule has 0 saturated carbocycles.